The second kappa shape index (κ2) is 21.5. The van der Waals surface area contributed by atoms with Crippen LogP contribution in [0.15, 0.2) is 23.3 Å². The van der Waals surface area contributed by atoms with Gasteiger partial charge in [0.2, 0.25) is 12.2 Å². The smallest absolute Gasteiger partial charge is 0.309 e. The summed E-state index contributed by atoms with van der Waals surface area (Å²) in [5.41, 5.74) is 10.6. The number of urea groups is 1. The molecule has 20 heavy (non-hydrogen) atoms. The second-order valence-electron chi connectivity index (χ2n) is 3.45. The highest BCUT2D eigenvalue weighted by atomic mass is 16.2. The lowest BCUT2D eigenvalue weighted by molar-refractivity contribution is -0.110. The lowest BCUT2D eigenvalue weighted by atomic mass is 10.2. The molecule has 0 atom stereocenters. The maximum Gasteiger partial charge on any atom is 0.309 e. The summed E-state index contributed by atoms with van der Waals surface area (Å²) in [6.07, 6.45) is 4.76. The van der Waals surface area contributed by atoms with Gasteiger partial charge in [0.05, 0.1) is 0 Å². The summed E-state index contributed by atoms with van der Waals surface area (Å²) >= 11 is 0. The first-order valence-corrected chi connectivity index (χ1v) is 5.05. The molecule has 112 valence electrons. The van der Waals surface area contributed by atoms with Gasteiger partial charge in [-0.2, -0.15) is 0 Å². The Kier molecular flexibility index (Phi) is 27.8. The third kappa shape index (κ3) is 114. The highest BCUT2D eigenvalue weighted by Crippen LogP contribution is 1.94. The van der Waals surface area contributed by atoms with E-state index in [0.717, 1.165) is 23.3 Å². The number of nitrogens with two attached hydrogens (primary N) is 2. The largest absolute Gasteiger partial charge is 0.352 e. The Labute approximate surface area is 117 Å². The van der Waals surface area contributed by atoms with Crippen LogP contribution in [-0.4, -0.2) is 24.0 Å². The molecule has 0 aromatic rings. The van der Waals surface area contributed by atoms with E-state index in [1.165, 1.54) is 0 Å². The number of allylic oxidation sites excluding steroid dienone is 4. The molecule has 0 aliphatic heterocycles. The molecule has 0 aromatic carbocycles. The predicted octanol–water partition coefficient (Wildman–Crippen LogP) is 1.31. The minimum absolute atomic E-state index is 0.0833. The van der Waals surface area contributed by atoms with Crippen LogP contribution in [0.25, 0.3) is 0 Å². The van der Waals surface area contributed by atoms with E-state index < -0.39 is 6.03 Å². The van der Waals surface area contributed by atoms with Crippen molar-refractivity contribution >= 4 is 24.0 Å². The van der Waals surface area contributed by atoms with Crippen molar-refractivity contribution in [1.29, 1.82) is 10.8 Å². The Hall–Kier alpha value is -2.82. The van der Waals surface area contributed by atoms with Crippen molar-refractivity contribution in [1.82, 2.24) is 0 Å². The van der Waals surface area contributed by atoms with Gasteiger partial charge in [-0.1, -0.05) is 11.1 Å². The molecule has 0 saturated carbocycles. The fraction of sp³-hybridized carbons (Fsp3) is 0.333. The van der Waals surface area contributed by atoms with Crippen molar-refractivity contribution in [3.63, 3.8) is 0 Å². The van der Waals surface area contributed by atoms with Crippen LogP contribution >= 0.6 is 0 Å². The Balaban J connectivity index is -0.000000106. The summed E-state index contributed by atoms with van der Waals surface area (Å²) < 4.78 is 0. The van der Waals surface area contributed by atoms with Gasteiger partial charge in [0.15, 0.2) is 5.78 Å². The Morgan fingerprint density at radius 2 is 1.00 bits per heavy atom. The first-order valence-electron chi connectivity index (χ1n) is 5.05. The van der Waals surface area contributed by atoms with Gasteiger partial charge in [-0.3, -0.25) is 4.79 Å². The molecule has 0 aliphatic carbocycles. The summed E-state index contributed by atoms with van der Waals surface area (Å²) in [4.78, 5) is 36.6. The van der Waals surface area contributed by atoms with Crippen LogP contribution in [0.2, 0.25) is 0 Å². The van der Waals surface area contributed by atoms with E-state index in [2.05, 4.69) is 11.5 Å². The second-order valence-corrected chi connectivity index (χ2v) is 3.45. The standard InChI is InChI=1S/C9H14O.CH4N2O.2CHNO/c1-7(2)5-9(10)6-8(3)4;2-1(3)4;2*2-1-3/h5-6H,1-4H3;(H4,2,3,4);2*2H. The van der Waals surface area contributed by atoms with Gasteiger partial charge in [-0.25, -0.2) is 25.2 Å². The van der Waals surface area contributed by atoms with E-state index >= 15 is 0 Å². The lowest BCUT2D eigenvalue weighted by Crippen LogP contribution is -2.18. The average molecular weight is 284 g/mol. The van der Waals surface area contributed by atoms with E-state index in [1.807, 2.05) is 27.7 Å². The number of rotatable bonds is 2. The lowest BCUT2D eigenvalue weighted by Gasteiger charge is -1.87. The number of hydrogen-bond acceptors (Lipinski definition) is 6. The molecule has 2 amide bonds. The molecule has 0 saturated heterocycles. The van der Waals surface area contributed by atoms with Gasteiger partial charge >= 0.3 is 6.03 Å². The topological polar surface area (TPSA) is 168 Å². The predicted molar refractivity (Wildman–Crippen MR) is 74.5 cm³/mol. The fourth-order valence-corrected chi connectivity index (χ4v) is 0.611. The van der Waals surface area contributed by atoms with Gasteiger partial charge < -0.3 is 11.5 Å². The summed E-state index contributed by atoms with van der Waals surface area (Å²) in [5.74, 6) is 0.0833. The summed E-state index contributed by atoms with van der Waals surface area (Å²) in [6, 6.07) is -0.833. The molecule has 0 radical (unpaired) electrons. The molecule has 0 rings (SSSR count). The molecule has 0 spiro atoms. The van der Waals surface area contributed by atoms with Crippen molar-refractivity contribution < 1.29 is 19.2 Å². The minimum Gasteiger partial charge on any atom is -0.352 e. The van der Waals surface area contributed by atoms with E-state index in [9.17, 15) is 4.79 Å². The van der Waals surface area contributed by atoms with Crippen LogP contribution in [0.3, 0.4) is 0 Å². The van der Waals surface area contributed by atoms with E-state index in [0.29, 0.717) is 0 Å². The van der Waals surface area contributed by atoms with Crippen LogP contribution in [0, 0.1) is 10.8 Å². The molecule has 0 bridgehead atoms. The normalized spacial score (nSPS) is 6.20. The summed E-state index contributed by atoms with van der Waals surface area (Å²) in [5, 5.41) is 10.8. The quantitative estimate of drug-likeness (QED) is 0.341. The summed E-state index contributed by atoms with van der Waals surface area (Å²) in [7, 11) is 0. The Bertz CT molecular complexity index is 369. The zero-order chi connectivity index (χ0) is 17.1. The van der Waals surface area contributed by atoms with Gasteiger partial charge in [0.25, 0.3) is 0 Å². The maximum atomic E-state index is 10.9. The zero-order valence-electron chi connectivity index (χ0n) is 11.9. The van der Waals surface area contributed by atoms with Gasteiger partial charge in [-0.05, 0) is 39.8 Å². The molecular formula is C12H20N4O4. The monoisotopic (exact) mass is 284 g/mol. The molecule has 8 nitrogen and oxygen atoms in total. The Morgan fingerprint density at radius 1 is 0.850 bits per heavy atom. The minimum atomic E-state index is -0.833. The van der Waals surface area contributed by atoms with Crippen LogP contribution in [0.4, 0.5) is 4.79 Å². The van der Waals surface area contributed by atoms with Crippen LogP contribution in [-0.2, 0) is 14.4 Å². The zero-order valence-corrected chi connectivity index (χ0v) is 11.9. The molecule has 0 heterocycles. The molecule has 0 aromatic heterocycles. The van der Waals surface area contributed by atoms with E-state index in [4.69, 9.17) is 25.2 Å². The van der Waals surface area contributed by atoms with Crippen LogP contribution < -0.4 is 11.5 Å². The number of carbonyl (C=O) groups excluding carboxylic acids is 4. The van der Waals surface area contributed by atoms with Gasteiger partial charge in [-0.15, -0.1) is 0 Å². The molecule has 0 unspecified atom stereocenters. The van der Waals surface area contributed by atoms with Gasteiger partial charge in [0.1, 0.15) is 0 Å². The number of nitrogens with one attached hydrogen (secondary N) is 2. The first kappa shape index (κ1) is 25.9. The number of hydrogen-bond donors (Lipinski definition) is 4. The van der Waals surface area contributed by atoms with Crippen molar-refractivity contribution in [3.05, 3.63) is 23.3 Å². The fourth-order valence-electron chi connectivity index (χ4n) is 0.611. The highest BCUT2D eigenvalue weighted by molar-refractivity contribution is 5.99. The number of isocyanates is 2. The van der Waals surface area contributed by atoms with Crippen LogP contribution in [0.5, 0.6) is 0 Å². The van der Waals surface area contributed by atoms with E-state index in [1.54, 1.807) is 12.2 Å². The van der Waals surface area contributed by atoms with E-state index in [-0.39, 0.29) is 5.78 Å². The number of primary amides is 2. The first-order chi connectivity index (χ1) is 9.08. The molecule has 6 N–H and O–H groups in total. The molecule has 8 heteroatoms. The number of ketones is 1. The average Bonchev–Trinajstić information content (AvgIpc) is 2.15. The Morgan fingerprint density at radius 3 is 1.10 bits per heavy atom. The van der Waals surface area contributed by atoms with Crippen LogP contribution in [0.1, 0.15) is 27.7 Å². The number of amides is 2. The van der Waals surface area contributed by atoms with Crippen molar-refractivity contribution in [2.24, 2.45) is 11.5 Å². The van der Waals surface area contributed by atoms with Crippen molar-refractivity contribution in [2.45, 2.75) is 27.7 Å². The molecule has 0 aliphatic rings. The van der Waals surface area contributed by atoms with Gasteiger partial charge in [0, 0.05) is 0 Å². The number of carbonyl (C=O) groups is 2. The highest BCUT2D eigenvalue weighted by Gasteiger charge is 1.89. The molecular weight excluding hydrogens is 264 g/mol. The molecule has 0 fully saturated rings. The third-order valence-electron chi connectivity index (χ3n) is 0.862. The van der Waals surface area contributed by atoms with Crippen molar-refractivity contribution in [2.75, 3.05) is 0 Å². The maximum absolute atomic E-state index is 10.9. The SMILES string of the molecule is CC(C)=CC(=O)C=C(C)C.N=C=O.N=C=O.NC(N)=O. The third-order valence-corrected chi connectivity index (χ3v) is 0.862. The van der Waals surface area contributed by atoms with Crippen molar-refractivity contribution in [3.8, 4) is 0 Å². The summed E-state index contributed by atoms with van der Waals surface area (Å²) in [6.45, 7) is 7.65.